The topological polar surface area (TPSA) is 102 Å². The van der Waals surface area contributed by atoms with Crippen LogP contribution in [-0.2, 0) is 11.4 Å². The van der Waals surface area contributed by atoms with Gasteiger partial charge in [-0.1, -0.05) is 54.6 Å². The first-order valence-corrected chi connectivity index (χ1v) is 13.0. The fourth-order valence-corrected chi connectivity index (χ4v) is 5.31. The van der Waals surface area contributed by atoms with Gasteiger partial charge in [0.1, 0.15) is 12.4 Å². The van der Waals surface area contributed by atoms with Crippen LogP contribution in [0.15, 0.2) is 106 Å². The zero-order valence-corrected chi connectivity index (χ0v) is 21.6. The summed E-state index contributed by atoms with van der Waals surface area (Å²) in [6.45, 7) is 0.345. The van der Waals surface area contributed by atoms with Gasteiger partial charge in [0.15, 0.2) is 28.0 Å². The number of furan rings is 1. The molecule has 0 aliphatic carbocycles. The Labute approximate surface area is 227 Å². The zero-order valence-electron chi connectivity index (χ0n) is 20.7. The number of rotatable bonds is 8. The second kappa shape index (κ2) is 10.1. The zero-order chi connectivity index (χ0) is 26.9. The molecule has 0 radical (unpaired) electrons. The van der Waals surface area contributed by atoms with E-state index in [0.29, 0.717) is 39.8 Å². The molecular weight excluding hydrogens is 516 g/mol. The predicted molar refractivity (Wildman–Crippen MR) is 146 cm³/mol. The molecule has 3 heterocycles. The van der Waals surface area contributed by atoms with Crippen LogP contribution in [0.3, 0.4) is 0 Å². The number of aromatic nitrogens is 1. The standard InChI is InChI=1S/C30H22N2O6S/c1-36-22-12-6-10-20-16-23(38-28(20)22)26(33)24-25(32(29(35)27(24)34)30-31-13-14-39-30)19-9-5-11-21(15-19)37-17-18-7-3-2-4-8-18/h2-16,25,34H,17H2,1H3. The van der Waals surface area contributed by atoms with Gasteiger partial charge in [0.2, 0.25) is 5.78 Å². The maximum atomic E-state index is 13.9. The number of amides is 1. The van der Waals surface area contributed by atoms with Crippen LogP contribution in [0.25, 0.3) is 11.0 Å². The molecule has 194 valence electrons. The van der Waals surface area contributed by atoms with Crippen LogP contribution >= 0.6 is 11.3 Å². The highest BCUT2D eigenvalue weighted by atomic mass is 32.1. The number of hydrogen-bond donors (Lipinski definition) is 1. The molecule has 0 saturated carbocycles. The van der Waals surface area contributed by atoms with Crippen LogP contribution in [0.5, 0.6) is 11.5 Å². The van der Waals surface area contributed by atoms with Crippen molar-refractivity contribution in [2.45, 2.75) is 12.6 Å². The summed E-state index contributed by atoms with van der Waals surface area (Å²) < 4.78 is 17.2. The number of ketones is 1. The highest BCUT2D eigenvalue weighted by Gasteiger charge is 2.46. The second-order valence-corrected chi connectivity index (χ2v) is 9.69. The summed E-state index contributed by atoms with van der Waals surface area (Å²) in [5.74, 6) is -0.984. The lowest BCUT2D eigenvalue weighted by Gasteiger charge is -2.24. The third-order valence-electron chi connectivity index (χ3n) is 6.45. The summed E-state index contributed by atoms with van der Waals surface area (Å²) in [7, 11) is 1.51. The van der Waals surface area contributed by atoms with Crippen LogP contribution in [0.2, 0.25) is 0 Å². The Balaban J connectivity index is 1.41. The molecule has 1 amide bonds. The van der Waals surface area contributed by atoms with E-state index >= 15 is 0 Å². The largest absolute Gasteiger partial charge is 0.503 e. The second-order valence-electron chi connectivity index (χ2n) is 8.82. The molecule has 8 nitrogen and oxygen atoms in total. The van der Waals surface area contributed by atoms with Crippen LogP contribution in [-0.4, -0.2) is 28.9 Å². The van der Waals surface area contributed by atoms with Crippen molar-refractivity contribution in [2.75, 3.05) is 12.0 Å². The van der Waals surface area contributed by atoms with E-state index in [9.17, 15) is 14.7 Å². The summed E-state index contributed by atoms with van der Waals surface area (Å²) >= 11 is 1.23. The highest BCUT2D eigenvalue weighted by molar-refractivity contribution is 7.13. The summed E-state index contributed by atoms with van der Waals surface area (Å²) in [6.07, 6.45) is 1.56. The Bertz CT molecular complexity index is 1710. The number of hydrogen-bond acceptors (Lipinski definition) is 8. The maximum Gasteiger partial charge on any atom is 0.296 e. The van der Waals surface area contributed by atoms with Crippen molar-refractivity contribution in [1.29, 1.82) is 0 Å². The SMILES string of the molecule is COc1cccc2cc(C(=O)C3=C(O)C(=O)N(c4nccs4)C3c3cccc(OCc4ccccc4)c3)oc12. The molecule has 1 aliphatic heterocycles. The van der Waals surface area contributed by atoms with E-state index in [-0.39, 0.29) is 11.3 Å². The number of carbonyl (C=O) groups is 2. The average molecular weight is 539 g/mol. The highest BCUT2D eigenvalue weighted by Crippen LogP contribution is 2.44. The molecule has 1 N–H and O–H groups in total. The molecule has 3 aromatic carbocycles. The monoisotopic (exact) mass is 538 g/mol. The molecular formula is C30H22N2O6S. The number of methoxy groups -OCH3 is 1. The van der Waals surface area contributed by atoms with Crippen LogP contribution in [0.1, 0.15) is 27.7 Å². The Morgan fingerprint density at radius 3 is 2.67 bits per heavy atom. The minimum atomic E-state index is -0.952. The fraction of sp³-hybridized carbons (Fsp3) is 0.100. The lowest BCUT2D eigenvalue weighted by atomic mass is 9.95. The van der Waals surface area contributed by atoms with Crippen molar-refractivity contribution >= 4 is 39.1 Å². The summed E-state index contributed by atoms with van der Waals surface area (Å²) in [5, 5.41) is 13.8. The van der Waals surface area contributed by atoms with Gasteiger partial charge < -0.3 is 19.0 Å². The first-order chi connectivity index (χ1) is 19.0. The van der Waals surface area contributed by atoms with E-state index in [1.165, 1.54) is 23.3 Å². The minimum Gasteiger partial charge on any atom is -0.503 e. The molecule has 0 bridgehead atoms. The number of fused-ring (bicyclic) bond motifs is 1. The van der Waals surface area contributed by atoms with Crippen LogP contribution in [0.4, 0.5) is 5.13 Å². The summed E-state index contributed by atoms with van der Waals surface area (Å²) in [6, 6.07) is 22.8. The number of aliphatic hydroxyl groups is 1. The number of carbonyl (C=O) groups excluding carboxylic acids is 2. The van der Waals surface area contributed by atoms with Gasteiger partial charge in [-0.2, -0.15) is 0 Å². The van der Waals surface area contributed by atoms with E-state index in [4.69, 9.17) is 13.9 Å². The van der Waals surface area contributed by atoms with Gasteiger partial charge in [-0.25, -0.2) is 4.98 Å². The molecule has 0 saturated heterocycles. The van der Waals surface area contributed by atoms with Crippen LogP contribution < -0.4 is 14.4 Å². The predicted octanol–water partition coefficient (Wildman–Crippen LogP) is 6.26. The van der Waals surface area contributed by atoms with Crippen molar-refractivity contribution in [1.82, 2.24) is 4.98 Å². The molecule has 9 heteroatoms. The maximum absolute atomic E-state index is 13.9. The van der Waals surface area contributed by atoms with Gasteiger partial charge in [-0.05, 0) is 35.4 Å². The van der Waals surface area contributed by atoms with E-state index in [2.05, 4.69) is 4.98 Å². The molecule has 39 heavy (non-hydrogen) atoms. The van der Waals surface area contributed by atoms with Gasteiger partial charge in [0.05, 0.1) is 18.7 Å². The van der Waals surface area contributed by atoms with Gasteiger partial charge in [0.25, 0.3) is 5.91 Å². The van der Waals surface area contributed by atoms with Crippen molar-refractivity contribution in [3.8, 4) is 11.5 Å². The quantitative estimate of drug-likeness (QED) is 0.233. The molecule has 6 rings (SSSR count). The summed E-state index contributed by atoms with van der Waals surface area (Å²) in [4.78, 5) is 32.9. The Kier molecular flexibility index (Phi) is 6.34. The van der Waals surface area contributed by atoms with E-state index < -0.39 is 23.5 Å². The Morgan fingerprint density at radius 1 is 1.08 bits per heavy atom. The molecule has 1 unspecified atom stereocenters. The fourth-order valence-electron chi connectivity index (χ4n) is 4.64. The van der Waals surface area contributed by atoms with Gasteiger partial charge >= 0.3 is 0 Å². The van der Waals surface area contributed by atoms with Crippen molar-refractivity contribution in [3.63, 3.8) is 0 Å². The molecule has 0 spiro atoms. The van der Waals surface area contributed by atoms with E-state index in [1.54, 1.807) is 60.1 Å². The third kappa shape index (κ3) is 4.42. The number of para-hydroxylation sites is 1. The normalized spacial score (nSPS) is 15.3. The first kappa shape index (κ1) is 24.4. The Morgan fingerprint density at radius 2 is 1.90 bits per heavy atom. The van der Waals surface area contributed by atoms with Gasteiger partial charge in [-0.3, -0.25) is 14.5 Å². The number of anilines is 1. The van der Waals surface area contributed by atoms with Crippen molar-refractivity contribution in [3.05, 3.63) is 119 Å². The average Bonchev–Trinajstić information content (AvgIpc) is 3.71. The number of benzene rings is 3. The third-order valence-corrected chi connectivity index (χ3v) is 7.22. The first-order valence-electron chi connectivity index (χ1n) is 12.1. The number of Topliss-reactive ketones (excluding diaryl/α,β-unsaturated/α-hetero) is 1. The van der Waals surface area contributed by atoms with Crippen molar-refractivity contribution in [2.24, 2.45) is 0 Å². The molecule has 5 aromatic rings. The molecule has 2 aromatic heterocycles. The minimum absolute atomic E-state index is 0.0219. The number of thiazole rings is 1. The Hall–Kier alpha value is -4.89. The molecule has 1 aliphatic rings. The lowest BCUT2D eigenvalue weighted by Crippen LogP contribution is -2.30. The molecule has 0 fully saturated rings. The van der Waals surface area contributed by atoms with E-state index in [0.717, 1.165) is 5.56 Å². The molecule has 1 atom stereocenters. The van der Waals surface area contributed by atoms with E-state index in [1.807, 2.05) is 30.3 Å². The van der Waals surface area contributed by atoms with Gasteiger partial charge in [-0.15, -0.1) is 11.3 Å². The van der Waals surface area contributed by atoms with Gasteiger partial charge in [0, 0.05) is 17.0 Å². The number of nitrogens with zero attached hydrogens (tertiary/aromatic N) is 2. The van der Waals surface area contributed by atoms with Crippen molar-refractivity contribution < 1.29 is 28.6 Å². The smallest absolute Gasteiger partial charge is 0.296 e. The lowest BCUT2D eigenvalue weighted by molar-refractivity contribution is -0.117. The number of ether oxygens (including phenoxy) is 2. The van der Waals surface area contributed by atoms with Crippen LogP contribution in [0, 0.1) is 0 Å². The summed E-state index contributed by atoms with van der Waals surface area (Å²) in [5.41, 5.74) is 1.87. The number of aliphatic hydroxyl groups excluding tert-OH is 1.